The lowest BCUT2D eigenvalue weighted by atomic mass is 9.83. The lowest BCUT2D eigenvalue weighted by molar-refractivity contribution is -0.189. The molecule has 126 valence electrons. The van der Waals surface area contributed by atoms with Crippen molar-refractivity contribution in [1.82, 2.24) is 0 Å². The number of esters is 1. The second-order valence-electron chi connectivity index (χ2n) is 5.95. The molecule has 12 heteroatoms. The van der Waals surface area contributed by atoms with E-state index in [9.17, 15) is 30.4 Å². The van der Waals surface area contributed by atoms with Crippen LogP contribution in [0.3, 0.4) is 0 Å². The Morgan fingerprint density at radius 3 is 2.55 bits per heavy atom. The van der Waals surface area contributed by atoms with Crippen LogP contribution in [0.4, 0.5) is 8.78 Å². The summed E-state index contributed by atoms with van der Waals surface area (Å²) in [6.07, 6.45) is -0.719. The molecule has 3 aliphatic rings. The van der Waals surface area contributed by atoms with E-state index in [-0.39, 0.29) is 6.42 Å². The Bertz CT molecular complexity index is 745. The third-order valence-corrected chi connectivity index (χ3v) is 7.37. The predicted molar refractivity (Wildman–Crippen MR) is 64.8 cm³/mol. The highest BCUT2D eigenvalue weighted by Crippen LogP contribution is 2.60. The van der Waals surface area contributed by atoms with Crippen LogP contribution in [0.25, 0.3) is 0 Å². The zero-order valence-electron chi connectivity index (χ0n) is 11.1. The molecule has 2 aliphatic carbocycles. The van der Waals surface area contributed by atoms with Crippen molar-refractivity contribution in [2.45, 2.75) is 42.0 Å². The van der Waals surface area contributed by atoms with Crippen LogP contribution in [0.2, 0.25) is 0 Å². The van der Waals surface area contributed by atoms with E-state index in [0.29, 0.717) is 6.42 Å². The molecule has 1 saturated heterocycles. The summed E-state index contributed by atoms with van der Waals surface area (Å²) in [5.74, 6) is -3.47. The Morgan fingerprint density at radius 2 is 2.00 bits per heavy atom. The summed E-state index contributed by atoms with van der Waals surface area (Å²) in [5, 5.41) is -5.88. The third-order valence-electron chi connectivity index (χ3n) is 4.80. The second kappa shape index (κ2) is 4.16. The van der Waals surface area contributed by atoms with Crippen LogP contribution in [0.5, 0.6) is 0 Å². The molecule has 3 rings (SSSR count). The van der Waals surface area contributed by atoms with Crippen LogP contribution in [-0.4, -0.2) is 49.6 Å². The number of carbonyl (C=O) groups is 1. The van der Waals surface area contributed by atoms with Crippen LogP contribution in [0, 0.1) is 11.8 Å². The van der Waals surface area contributed by atoms with Crippen LogP contribution >= 0.6 is 0 Å². The molecule has 0 radical (unpaired) electrons. The van der Waals surface area contributed by atoms with Crippen LogP contribution < -0.4 is 0 Å². The van der Waals surface area contributed by atoms with E-state index in [0.717, 1.165) is 0 Å². The average molecular weight is 362 g/mol. The molecule has 0 spiro atoms. The Balaban J connectivity index is 1.90. The molecule has 0 amide bonds. The maximum Gasteiger partial charge on any atom is 0.465 e. The quantitative estimate of drug-likeness (QED) is 0.419. The summed E-state index contributed by atoms with van der Waals surface area (Å²) in [6.45, 7) is 1.23. The van der Waals surface area contributed by atoms with Crippen molar-refractivity contribution in [2.75, 3.05) is 0 Å². The highest BCUT2D eigenvalue weighted by Gasteiger charge is 2.72. The molecule has 22 heavy (non-hydrogen) atoms. The third kappa shape index (κ3) is 1.87. The van der Waals surface area contributed by atoms with Crippen molar-refractivity contribution >= 4 is 26.2 Å². The standard InChI is InChI=1S/C10H12F2O8S2/c1-9(19-8(13)10(11,12)22(16,17)18)4-2-5-6(3-4)21(14,15)20-7(5)9/h4-7H,2-3H2,1H3,(H,16,17,18). The molecule has 5 unspecified atom stereocenters. The van der Waals surface area contributed by atoms with Gasteiger partial charge in [0.2, 0.25) is 0 Å². The number of halogens is 2. The van der Waals surface area contributed by atoms with E-state index in [1.165, 1.54) is 6.92 Å². The number of rotatable bonds is 3. The van der Waals surface area contributed by atoms with E-state index >= 15 is 0 Å². The first-order valence-electron chi connectivity index (χ1n) is 6.31. The van der Waals surface area contributed by atoms with Gasteiger partial charge in [-0.05, 0) is 19.8 Å². The fourth-order valence-corrected chi connectivity index (χ4v) is 5.86. The van der Waals surface area contributed by atoms with E-state index in [2.05, 4.69) is 4.74 Å². The van der Waals surface area contributed by atoms with Crippen molar-refractivity contribution in [3.05, 3.63) is 0 Å². The molecule has 2 bridgehead atoms. The fourth-order valence-electron chi connectivity index (χ4n) is 3.70. The summed E-state index contributed by atoms with van der Waals surface area (Å²) in [6, 6.07) is 0. The van der Waals surface area contributed by atoms with Crippen molar-refractivity contribution in [3.8, 4) is 0 Å². The molecule has 0 aromatic carbocycles. The summed E-state index contributed by atoms with van der Waals surface area (Å²) in [7, 11) is -9.84. The van der Waals surface area contributed by atoms with Gasteiger partial charge in [-0.1, -0.05) is 0 Å². The lowest BCUT2D eigenvalue weighted by Gasteiger charge is -2.36. The SMILES string of the molecule is CC1(OC(=O)C(F)(F)S(=O)(=O)O)C2CC3C1OS(=O)(=O)C3C2. The lowest BCUT2D eigenvalue weighted by Crippen LogP contribution is -2.52. The Morgan fingerprint density at radius 1 is 1.41 bits per heavy atom. The fraction of sp³-hybridized carbons (Fsp3) is 0.900. The van der Waals surface area contributed by atoms with Crippen LogP contribution in [0.15, 0.2) is 0 Å². The molecular weight excluding hydrogens is 350 g/mol. The van der Waals surface area contributed by atoms with E-state index in [1.807, 2.05) is 0 Å². The molecule has 0 aromatic heterocycles. The molecule has 1 N–H and O–H groups in total. The normalized spacial score (nSPS) is 42.5. The van der Waals surface area contributed by atoms with E-state index < -0.39 is 60.3 Å². The van der Waals surface area contributed by atoms with E-state index in [1.54, 1.807) is 0 Å². The van der Waals surface area contributed by atoms with Gasteiger partial charge in [-0.2, -0.15) is 25.6 Å². The maximum absolute atomic E-state index is 13.3. The Kier molecular flexibility index (Phi) is 3.03. The van der Waals surface area contributed by atoms with Crippen LogP contribution in [0.1, 0.15) is 19.8 Å². The van der Waals surface area contributed by atoms with Crippen molar-refractivity contribution in [2.24, 2.45) is 11.8 Å². The zero-order chi connectivity index (χ0) is 16.7. The monoisotopic (exact) mass is 362 g/mol. The number of carbonyl (C=O) groups excluding carboxylic acids is 1. The van der Waals surface area contributed by atoms with Crippen molar-refractivity contribution in [3.63, 3.8) is 0 Å². The number of hydrogen-bond acceptors (Lipinski definition) is 7. The molecular formula is C10H12F2O8S2. The summed E-state index contributed by atoms with van der Waals surface area (Å²) in [5.41, 5.74) is -1.68. The van der Waals surface area contributed by atoms with Gasteiger partial charge in [0.15, 0.2) is 0 Å². The highest BCUT2D eigenvalue weighted by molar-refractivity contribution is 7.88. The van der Waals surface area contributed by atoms with Crippen LogP contribution in [-0.2, 0) is 34.0 Å². The first kappa shape index (κ1) is 16.0. The molecule has 1 heterocycles. The van der Waals surface area contributed by atoms with Gasteiger partial charge in [-0.15, -0.1) is 0 Å². The van der Waals surface area contributed by atoms with Crippen molar-refractivity contribution in [1.29, 1.82) is 0 Å². The molecule has 2 saturated carbocycles. The Labute approximate surface area is 124 Å². The number of fused-ring (bicyclic) bond motifs is 1. The number of hydrogen-bond donors (Lipinski definition) is 1. The Hall–Kier alpha value is -0.850. The minimum absolute atomic E-state index is 0.0880. The largest absolute Gasteiger partial charge is 0.465 e. The molecule has 0 aromatic rings. The van der Waals surface area contributed by atoms with Gasteiger partial charge < -0.3 is 4.74 Å². The van der Waals surface area contributed by atoms with Gasteiger partial charge >= 0.3 is 21.3 Å². The smallest absolute Gasteiger partial charge is 0.451 e. The van der Waals surface area contributed by atoms with Gasteiger partial charge in [0.1, 0.15) is 11.7 Å². The molecule has 1 aliphatic heterocycles. The summed E-state index contributed by atoms with van der Waals surface area (Å²) in [4.78, 5) is 11.5. The van der Waals surface area contributed by atoms with E-state index in [4.69, 9.17) is 8.74 Å². The van der Waals surface area contributed by atoms with Crippen molar-refractivity contribution < 1.29 is 43.9 Å². The van der Waals surface area contributed by atoms with Gasteiger partial charge in [0.05, 0.1) is 5.25 Å². The summed E-state index contributed by atoms with van der Waals surface area (Å²) < 4.78 is 89.2. The van der Waals surface area contributed by atoms with Gasteiger partial charge in [0.25, 0.3) is 10.1 Å². The topological polar surface area (TPSA) is 124 Å². The molecule has 5 atom stereocenters. The number of ether oxygens (including phenoxy) is 1. The minimum Gasteiger partial charge on any atom is -0.451 e. The first-order valence-corrected chi connectivity index (χ1v) is 9.22. The molecule has 8 nitrogen and oxygen atoms in total. The first-order chi connectivity index (χ1) is 9.81. The predicted octanol–water partition coefficient (Wildman–Crippen LogP) is -0.0941. The average Bonchev–Trinajstić information content (AvgIpc) is 2.92. The van der Waals surface area contributed by atoms with Gasteiger partial charge in [0, 0.05) is 11.8 Å². The molecule has 3 fully saturated rings. The highest BCUT2D eigenvalue weighted by atomic mass is 32.2. The maximum atomic E-state index is 13.3. The minimum atomic E-state index is -5.99. The van der Waals surface area contributed by atoms with Gasteiger partial charge in [-0.25, -0.2) is 4.79 Å². The van der Waals surface area contributed by atoms with Gasteiger partial charge in [-0.3, -0.25) is 8.74 Å². The zero-order valence-corrected chi connectivity index (χ0v) is 12.7. The number of alkyl halides is 2. The summed E-state index contributed by atoms with van der Waals surface area (Å²) >= 11 is 0. The second-order valence-corrected chi connectivity index (χ2v) is 9.19.